The van der Waals surface area contributed by atoms with Crippen molar-refractivity contribution >= 4 is 23.3 Å². The van der Waals surface area contributed by atoms with Crippen LogP contribution in [0, 0.1) is 0 Å². The van der Waals surface area contributed by atoms with E-state index in [0.717, 1.165) is 13.1 Å². The summed E-state index contributed by atoms with van der Waals surface area (Å²) in [7, 11) is 0. The fourth-order valence-corrected chi connectivity index (χ4v) is 2.97. The van der Waals surface area contributed by atoms with Gasteiger partial charge in [0.05, 0.1) is 0 Å². The zero-order chi connectivity index (χ0) is 11.0. The monoisotopic (exact) mass is 250 g/mol. The van der Waals surface area contributed by atoms with Crippen LogP contribution in [-0.4, -0.2) is 11.1 Å². The van der Waals surface area contributed by atoms with E-state index in [1.807, 2.05) is 0 Å². The Hall–Kier alpha value is -0.990. The second-order valence-electron chi connectivity index (χ2n) is 4.59. The standard InChI is InChI=1S/C14H18N2.ClH/c15-9-10-16-13-7-3-1-5-11(13)12-6-2-4-8-14(12)16;/h1,3,5,7H,2,4,6,8-10,15H2;1H. The highest BCUT2D eigenvalue weighted by Gasteiger charge is 2.18. The Morgan fingerprint density at radius 2 is 1.88 bits per heavy atom. The average molecular weight is 251 g/mol. The van der Waals surface area contributed by atoms with Crippen LogP contribution in [0.2, 0.25) is 0 Å². The van der Waals surface area contributed by atoms with Gasteiger partial charge in [-0.15, -0.1) is 12.4 Å². The number of nitrogens with zero attached hydrogens (tertiary/aromatic N) is 1. The molecule has 1 aliphatic rings. The first-order valence-corrected chi connectivity index (χ1v) is 6.21. The Balaban J connectivity index is 0.00000108. The first kappa shape index (κ1) is 12.5. The van der Waals surface area contributed by atoms with Crippen LogP contribution >= 0.6 is 12.4 Å². The van der Waals surface area contributed by atoms with Gasteiger partial charge in [0.15, 0.2) is 0 Å². The normalized spacial score (nSPS) is 14.4. The minimum Gasteiger partial charge on any atom is -0.343 e. The molecule has 3 heteroatoms. The first-order chi connectivity index (χ1) is 7.92. The summed E-state index contributed by atoms with van der Waals surface area (Å²) in [5, 5.41) is 1.45. The van der Waals surface area contributed by atoms with Gasteiger partial charge in [0.25, 0.3) is 0 Å². The molecule has 0 amide bonds. The fourth-order valence-electron chi connectivity index (χ4n) is 2.97. The van der Waals surface area contributed by atoms with Crippen LogP contribution in [0.25, 0.3) is 10.9 Å². The molecule has 1 aromatic heterocycles. The molecular formula is C14H19ClN2. The average Bonchev–Trinajstić information content (AvgIpc) is 2.66. The highest BCUT2D eigenvalue weighted by Crippen LogP contribution is 2.31. The predicted molar refractivity (Wildman–Crippen MR) is 74.9 cm³/mol. The van der Waals surface area contributed by atoms with Crippen molar-refractivity contribution in [1.82, 2.24) is 4.57 Å². The number of halogens is 1. The maximum absolute atomic E-state index is 5.72. The summed E-state index contributed by atoms with van der Waals surface area (Å²) in [6.45, 7) is 1.68. The molecule has 0 fully saturated rings. The van der Waals surface area contributed by atoms with Gasteiger partial charge in [0, 0.05) is 29.7 Å². The molecule has 0 radical (unpaired) electrons. The Kier molecular flexibility index (Phi) is 3.75. The number of hydrogen-bond acceptors (Lipinski definition) is 1. The molecule has 1 aliphatic carbocycles. The smallest absolute Gasteiger partial charge is 0.0485 e. The van der Waals surface area contributed by atoms with Crippen molar-refractivity contribution in [3.63, 3.8) is 0 Å². The number of rotatable bonds is 2. The Morgan fingerprint density at radius 3 is 2.71 bits per heavy atom. The van der Waals surface area contributed by atoms with E-state index >= 15 is 0 Å². The lowest BCUT2D eigenvalue weighted by Gasteiger charge is -2.15. The minimum atomic E-state index is 0. The van der Waals surface area contributed by atoms with Crippen molar-refractivity contribution in [2.45, 2.75) is 32.2 Å². The van der Waals surface area contributed by atoms with Gasteiger partial charge >= 0.3 is 0 Å². The number of fused-ring (bicyclic) bond motifs is 3. The SMILES string of the molecule is Cl.NCCn1c2c(c3ccccc31)CCCC2. The zero-order valence-corrected chi connectivity index (χ0v) is 10.8. The predicted octanol–water partition coefficient (Wildman–Crippen LogP) is 2.90. The van der Waals surface area contributed by atoms with Crippen molar-refractivity contribution in [3.8, 4) is 0 Å². The van der Waals surface area contributed by atoms with E-state index in [2.05, 4.69) is 28.8 Å². The lowest BCUT2D eigenvalue weighted by atomic mass is 9.96. The Bertz CT molecular complexity index is 516. The third-order valence-corrected chi connectivity index (χ3v) is 3.64. The topological polar surface area (TPSA) is 30.9 Å². The van der Waals surface area contributed by atoms with Crippen LogP contribution in [0.1, 0.15) is 24.1 Å². The van der Waals surface area contributed by atoms with Crippen LogP contribution in [-0.2, 0) is 19.4 Å². The van der Waals surface area contributed by atoms with Crippen molar-refractivity contribution in [3.05, 3.63) is 35.5 Å². The van der Waals surface area contributed by atoms with E-state index in [4.69, 9.17) is 5.73 Å². The third-order valence-electron chi connectivity index (χ3n) is 3.64. The number of para-hydroxylation sites is 1. The van der Waals surface area contributed by atoms with Gasteiger partial charge < -0.3 is 10.3 Å². The quantitative estimate of drug-likeness (QED) is 0.873. The summed E-state index contributed by atoms with van der Waals surface area (Å²) < 4.78 is 2.43. The molecule has 0 bridgehead atoms. The zero-order valence-electron chi connectivity index (χ0n) is 9.98. The largest absolute Gasteiger partial charge is 0.343 e. The van der Waals surface area contributed by atoms with Crippen LogP contribution < -0.4 is 5.73 Å². The van der Waals surface area contributed by atoms with E-state index in [-0.39, 0.29) is 12.4 Å². The summed E-state index contributed by atoms with van der Waals surface area (Å²) in [5.41, 5.74) is 10.2. The van der Waals surface area contributed by atoms with Crippen LogP contribution in [0.5, 0.6) is 0 Å². The van der Waals surface area contributed by atoms with Crippen molar-refractivity contribution < 1.29 is 0 Å². The number of hydrogen-bond donors (Lipinski definition) is 1. The molecule has 1 aromatic carbocycles. The Labute approximate surface area is 108 Å². The second-order valence-corrected chi connectivity index (χ2v) is 4.59. The molecule has 92 valence electrons. The van der Waals surface area contributed by atoms with Crippen molar-refractivity contribution in [2.24, 2.45) is 5.73 Å². The van der Waals surface area contributed by atoms with E-state index in [1.165, 1.54) is 42.3 Å². The van der Waals surface area contributed by atoms with E-state index in [0.29, 0.717) is 0 Å². The summed E-state index contributed by atoms with van der Waals surface area (Å²) in [6, 6.07) is 8.75. The van der Waals surface area contributed by atoms with Gasteiger partial charge in [-0.3, -0.25) is 0 Å². The summed E-state index contributed by atoms with van der Waals surface area (Å²) in [5.74, 6) is 0. The van der Waals surface area contributed by atoms with Gasteiger partial charge in [-0.05, 0) is 37.3 Å². The summed E-state index contributed by atoms with van der Waals surface area (Å²) >= 11 is 0. The fraction of sp³-hybridized carbons (Fsp3) is 0.429. The molecule has 1 heterocycles. The van der Waals surface area contributed by atoms with Crippen LogP contribution in [0.15, 0.2) is 24.3 Å². The third kappa shape index (κ3) is 1.96. The number of benzene rings is 1. The molecule has 3 rings (SSSR count). The molecule has 0 atom stereocenters. The van der Waals surface area contributed by atoms with E-state index in [9.17, 15) is 0 Å². The second kappa shape index (κ2) is 5.11. The number of aryl methyl sites for hydroxylation is 1. The van der Waals surface area contributed by atoms with Gasteiger partial charge in [-0.2, -0.15) is 0 Å². The lowest BCUT2D eigenvalue weighted by molar-refractivity contribution is 0.617. The molecule has 2 nitrogen and oxygen atoms in total. The van der Waals surface area contributed by atoms with Crippen LogP contribution in [0.4, 0.5) is 0 Å². The molecular weight excluding hydrogens is 232 g/mol. The number of aromatic nitrogens is 1. The van der Waals surface area contributed by atoms with Gasteiger partial charge in [0.1, 0.15) is 0 Å². The van der Waals surface area contributed by atoms with Gasteiger partial charge in [-0.25, -0.2) is 0 Å². The molecule has 2 N–H and O–H groups in total. The highest BCUT2D eigenvalue weighted by atomic mass is 35.5. The lowest BCUT2D eigenvalue weighted by Crippen LogP contribution is -2.14. The first-order valence-electron chi connectivity index (χ1n) is 6.21. The summed E-state index contributed by atoms with van der Waals surface area (Å²) in [4.78, 5) is 0. The molecule has 0 aliphatic heterocycles. The van der Waals surface area contributed by atoms with E-state index < -0.39 is 0 Å². The van der Waals surface area contributed by atoms with Gasteiger partial charge in [-0.1, -0.05) is 18.2 Å². The highest BCUT2D eigenvalue weighted by molar-refractivity contribution is 5.86. The maximum Gasteiger partial charge on any atom is 0.0485 e. The maximum atomic E-state index is 5.72. The molecule has 0 saturated heterocycles. The van der Waals surface area contributed by atoms with Crippen molar-refractivity contribution in [2.75, 3.05) is 6.54 Å². The Morgan fingerprint density at radius 1 is 1.12 bits per heavy atom. The molecule has 0 saturated carbocycles. The minimum absolute atomic E-state index is 0. The van der Waals surface area contributed by atoms with Crippen LogP contribution in [0.3, 0.4) is 0 Å². The van der Waals surface area contributed by atoms with Gasteiger partial charge in [0.2, 0.25) is 0 Å². The molecule has 2 aromatic rings. The molecule has 0 unspecified atom stereocenters. The number of nitrogens with two attached hydrogens (primary N) is 1. The van der Waals surface area contributed by atoms with Crippen molar-refractivity contribution in [1.29, 1.82) is 0 Å². The summed E-state index contributed by atoms with van der Waals surface area (Å²) in [6.07, 6.45) is 5.13. The van der Waals surface area contributed by atoms with E-state index in [1.54, 1.807) is 5.56 Å². The molecule has 17 heavy (non-hydrogen) atoms. The molecule has 0 spiro atoms.